The Morgan fingerprint density at radius 2 is 1.19 bits per heavy atom. The molecule has 0 aromatic heterocycles. The number of hydrogen-bond acceptors (Lipinski definition) is 2. The van der Waals surface area contributed by atoms with Gasteiger partial charge in [0.15, 0.2) is 0 Å². The third-order valence-electron chi connectivity index (χ3n) is 3.10. The van der Waals surface area contributed by atoms with Crippen LogP contribution in [0.3, 0.4) is 0 Å². The van der Waals surface area contributed by atoms with E-state index < -0.39 is 0 Å². The second-order valence-electron chi connectivity index (χ2n) is 5.78. The standard InChI is InChI=1S/2C8H6BrS.C2H6Si.2FH.Zr/c2*1-5-2-6-7(9)4-10-8(6)3-5;1-3-2;;;/h2*2H,4H2,1H3;1-2H3;2*1H;/q2*-1;;;;+2/p-2. The molecule has 0 amide bonds. The molecule has 0 aromatic rings. The minimum absolute atomic E-state index is 0. The van der Waals surface area contributed by atoms with Crippen LogP contribution in [0.4, 0.5) is 0 Å². The van der Waals surface area contributed by atoms with Crippen molar-refractivity contribution < 1.29 is 32.7 Å². The van der Waals surface area contributed by atoms with Gasteiger partial charge in [0, 0.05) is 11.5 Å². The number of hydrogen-bond donors (Lipinski definition) is 0. The van der Waals surface area contributed by atoms with Crippen molar-refractivity contribution in [3.63, 3.8) is 0 Å². The number of rotatable bonds is 0. The fourth-order valence-electron chi connectivity index (χ4n) is 2.19. The van der Waals surface area contributed by atoms with Crippen LogP contribution in [-0.4, -0.2) is 16.9 Å². The molecule has 2 aliphatic heterocycles. The molecule has 0 saturated heterocycles. The molecule has 4 rings (SSSR count). The monoisotopic (exact) mass is 612 g/mol. The molecule has 8 heteroatoms. The summed E-state index contributed by atoms with van der Waals surface area (Å²) >= 11 is 12.5. The molecule has 0 nitrogen and oxygen atoms in total. The smallest absolute Gasteiger partial charge is 1.00 e. The summed E-state index contributed by atoms with van der Waals surface area (Å²) in [7, 11) is 0. The molecule has 0 atom stereocenters. The third kappa shape index (κ3) is 7.82. The maximum absolute atomic E-state index is 3.53. The van der Waals surface area contributed by atoms with Crippen LogP contribution in [0.15, 0.2) is 53.2 Å². The molecular formula is C18H18Br2F2S2SiZr-2. The molecule has 0 aromatic carbocycles. The van der Waals surface area contributed by atoms with Gasteiger partial charge in [0.05, 0.1) is 0 Å². The van der Waals surface area contributed by atoms with E-state index in [4.69, 9.17) is 0 Å². The van der Waals surface area contributed by atoms with Gasteiger partial charge in [-0.1, -0.05) is 54.7 Å². The zero-order valence-electron chi connectivity index (χ0n) is 14.9. The molecule has 26 heavy (non-hydrogen) atoms. The SMILES string of the molecule is CC1=CC2=C(Br)CSC2=[C-]1.CC1=CC2=C(Br)CSC2=[C-]1.C[Si](C)=[Zr+2].[F-].[F-]. The summed E-state index contributed by atoms with van der Waals surface area (Å²) in [5.74, 6) is 2.17. The van der Waals surface area contributed by atoms with Crippen LogP contribution < -0.4 is 9.41 Å². The van der Waals surface area contributed by atoms with Crippen molar-refractivity contribution in [1.29, 1.82) is 0 Å². The van der Waals surface area contributed by atoms with Crippen molar-refractivity contribution >= 4 is 60.8 Å². The fraction of sp³-hybridized carbons (Fsp3) is 0.333. The summed E-state index contributed by atoms with van der Waals surface area (Å²) in [6.45, 7) is 8.78. The van der Waals surface area contributed by atoms with E-state index in [2.05, 4.69) is 83.1 Å². The fourth-order valence-corrected chi connectivity index (χ4v) is 5.76. The summed E-state index contributed by atoms with van der Waals surface area (Å²) < 4.78 is 2.63. The molecular weight excluding hydrogens is 597 g/mol. The molecule has 4 aliphatic rings. The predicted molar refractivity (Wildman–Crippen MR) is 115 cm³/mol. The van der Waals surface area contributed by atoms with Crippen LogP contribution in [-0.2, 0) is 23.3 Å². The van der Waals surface area contributed by atoms with E-state index in [9.17, 15) is 0 Å². The first-order chi connectivity index (χ1) is 11.3. The Bertz CT molecular complexity index is 703. The van der Waals surface area contributed by atoms with Crippen molar-refractivity contribution in [3.05, 3.63) is 65.4 Å². The zero-order valence-corrected chi connectivity index (χ0v) is 23.2. The van der Waals surface area contributed by atoms with Gasteiger partial charge in [-0.15, -0.1) is 33.3 Å². The average Bonchev–Trinajstić information content (AvgIpc) is 3.18. The number of thioether (sulfide) groups is 2. The molecule has 2 heterocycles. The van der Waals surface area contributed by atoms with E-state index in [0.717, 1.165) is 11.5 Å². The molecule has 0 unspecified atom stereocenters. The Balaban J connectivity index is 0.000000378. The van der Waals surface area contributed by atoms with E-state index in [1.165, 1.54) is 41.1 Å². The first-order valence-electron chi connectivity index (χ1n) is 7.48. The average molecular weight is 616 g/mol. The first-order valence-corrected chi connectivity index (χ1v) is 17.2. The Labute approximate surface area is 195 Å². The quantitative estimate of drug-likeness (QED) is 0.293. The van der Waals surface area contributed by atoms with Crippen molar-refractivity contribution in [2.24, 2.45) is 0 Å². The summed E-state index contributed by atoms with van der Waals surface area (Å²) in [6.07, 6.45) is 11.0. The van der Waals surface area contributed by atoms with E-state index in [1.54, 1.807) is 23.3 Å². The topological polar surface area (TPSA) is 0 Å². The van der Waals surface area contributed by atoms with E-state index in [1.807, 2.05) is 23.5 Å². The van der Waals surface area contributed by atoms with Crippen LogP contribution in [0, 0.1) is 12.2 Å². The molecule has 0 radical (unpaired) electrons. The largest absolute Gasteiger partial charge is 1.00 e. The van der Waals surface area contributed by atoms with Crippen molar-refractivity contribution in [3.8, 4) is 0 Å². The van der Waals surface area contributed by atoms with Gasteiger partial charge < -0.3 is 9.41 Å². The Morgan fingerprint density at radius 1 is 0.885 bits per heavy atom. The van der Waals surface area contributed by atoms with E-state index in [-0.39, 0.29) is 14.8 Å². The van der Waals surface area contributed by atoms with Gasteiger partial charge in [-0.05, 0) is 0 Å². The van der Waals surface area contributed by atoms with Crippen LogP contribution in [0.5, 0.6) is 0 Å². The Morgan fingerprint density at radius 3 is 1.46 bits per heavy atom. The summed E-state index contributed by atoms with van der Waals surface area (Å²) in [6, 6.07) is 0. The maximum Gasteiger partial charge on any atom is -1.00 e. The van der Waals surface area contributed by atoms with Gasteiger partial charge in [-0.3, -0.25) is 0 Å². The summed E-state index contributed by atoms with van der Waals surface area (Å²) in [5, 5.41) is 0. The van der Waals surface area contributed by atoms with Crippen molar-refractivity contribution in [2.75, 3.05) is 11.5 Å². The van der Waals surface area contributed by atoms with E-state index in [0.29, 0.717) is 0 Å². The Hall–Kier alpha value is 1.06. The van der Waals surface area contributed by atoms with Gasteiger partial charge in [-0.25, -0.2) is 12.2 Å². The number of halogens is 4. The molecule has 0 saturated carbocycles. The second-order valence-corrected chi connectivity index (χ2v) is 19.0. The van der Waals surface area contributed by atoms with Gasteiger partial charge in [0.25, 0.3) is 0 Å². The molecule has 0 fully saturated rings. The summed E-state index contributed by atoms with van der Waals surface area (Å²) in [5.41, 5.74) is 5.40. The maximum atomic E-state index is 3.53. The van der Waals surface area contributed by atoms with Crippen LogP contribution in [0.25, 0.3) is 0 Å². The van der Waals surface area contributed by atoms with Crippen molar-refractivity contribution in [2.45, 2.75) is 26.9 Å². The number of allylic oxidation sites excluding steroid dienone is 8. The normalized spacial score (nSPS) is 18.8. The van der Waals surface area contributed by atoms with Crippen LogP contribution in [0.1, 0.15) is 13.8 Å². The minimum atomic E-state index is 0. The molecule has 2 aliphatic carbocycles. The molecule has 0 spiro atoms. The Kier molecular flexibility index (Phi) is 13.1. The molecule has 140 valence electrons. The van der Waals surface area contributed by atoms with Gasteiger partial charge >= 0.3 is 41.9 Å². The van der Waals surface area contributed by atoms with Gasteiger partial charge in [-0.2, -0.15) is 34.4 Å². The minimum Gasteiger partial charge on any atom is -1.00 e. The van der Waals surface area contributed by atoms with Gasteiger partial charge in [0.2, 0.25) is 0 Å². The predicted octanol–water partition coefficient (Wildman–Crippen LogP) is 0.851. The van der Waals surface area contributed by atoms with Crippen molar-refractivity contribution in [1.82, 2.24) is 0 Å². The number of fused-ring (bicyclic) bond motifs is 2. The van der Waals surface area contributed by atoms with Crippen LogP contribution >= 0.6 is 55.4 Å². The summed E-state index contributed by atoms with van der Waals surface area (Å²) in [4.78, 5) is 2.62. The molecule has 0 bridgehead atoms. The van der Waals surface area contributed by atoms with Crippen LogP contribution in [0.2, 0.25) is 13.1 Å². The van der Waals surface area contributed by atoms with E-state index >= 15 is 0 Å². The van der Waals surface area contributed by atoms with Gasteiger partial charge in [0.1, 0.15) is 0 Å². The second kappa shape index (κ2) is 12.6. The molecule has 0 N–H and O–H groups in total. The first kappa shape index (κ1) is 27.1. The third-order valence-corrected chi connectivity index (χ3v) is 7.35. The zero-order chi connectivity index (χ0) is 17.9.